The van der Waals surface area contributed by atoms with Crippen molar-refractivity contribution < 1.29 is 10.2 Å². The predicted molar refractivity (Wildman–Crippen MR) is 46.0 cm³/mol. The number of aliphatic hydroxyl groups is 1. The molecule has 1 atom stereocenters. The van der Waals surface area contributed by atoms with Gasteiger partial charge in [-0.15, -0.1) is 0 Å². The van der Waals surface area contributed by atoms with E-state index in [-0.39, 0.29) is 11.9 Å². The molecule has 1 aromatic carbocycles. The van der Waals surface area contributed by atoms with Gasteiger partial charge in [-0.05, 0) is 42.5 Å². The highest BCUT2D eigenvalue weighted by Crippen LogP contribution is 2.31. The zero-order valence-corrected chi connectivity index (χ0v) is 6.83. The van der Waals surface area contributed by atoms with E-state index in [1.165, 1.54) is 5.56 Å². The zero-order valence-electron chi connectivity index (χ0n) is 6.83. The largest absolute Gasteiger partial charge is 0.508 e. The van der Waals surface area contributed by atoms with Crippen molar-refractivity contribution in [2.45, 2.75) is 25.4 Å². The highest BCUT2D eigenvalue weighted by molar-refractivity contribution is 5.37. The molecule has 0 heterocycles. The van der Waals surface area contributed by atoms with Crippen LogP contribution in [0.15, 0.2) is 18.2 Å². The minimum Gasteiger partial charge on any atom is -0.508 e. The lowest BCUT2D eigenvalue weighted by molar-refractivity contribution is 0.156. The maximum atomic E-state index is 9.57. The number of hydrogen-bond donors (Lipinski definition) is 2. The van der Waals surface area contributed by atoms with Gasteiger partial charge in [0.2, 0.25) is 0 Å². The molecule has 0 spiro atoms. The summed E-state index contributed by atoms with van der Waals surface area (Å²) in [6.45, 7) is 0. The molecular weight excluding hydrogens is 152 g/mol. The zero-order chi connectivity index (χ0) is 8.55. The molecule has 0 aliphatic heterocycles. The van der Waals surface area contributed by atoms with Crippen LogP contribution in [0.4, 0.5) is 0 Å². The Balaban J connectivity index is 2.47. The molecule has 0 fully saturated rings. The van der Waals surface area contributed by atoms with Gasteiger partial charge in [0.1, 0.15) is 5.75 Å². The first-order chi connectivity index (χ1) is 5.77. The second-order valence-corrected chi connectivity index (χ2v) is 3.29. The summed E-state index contributed by atoms with van der Waals surface area (Å²) >= 11 is 0. The standard InChI is InChI=1S/C10H12O2/c11-8-5-4-7-2-1-3-10(12)9(7)6-8/h4-6,10-12H,1-3H2. The highest BCUT2D eigenvalue weighted by Gasteiger charge is 2.17. The molecule has 0 aromatic heterocycles. The van der Waals surface area contributed by atoms with E-state index in [4.69, 9.17) is 0 Å². The van der Waals surface area contributed by atoms with Crippen LogP contribution in [-0.2, 0) is 6.42 Å². The number of phenolic OH excluding ortho intramolecular Hbond substituents is 1. The first-order valence-electron chi connectivity index (χ1n) is 4.27. The van der Waals surface area contributed by atoms with Gasteiger partial charge in [0.25, 0.3) is 0 Å². The second-order valence-electron chi connectivity index (χ2n) is 3.29. The molecule has 2 rings (SSSR count). The molecule has 1 unspecified atom stereocenters. The third-order valence-corrected chi connectivity index (χ3v) is 2.41. The minimum absolute atomic E-state index is 0.245. The van der Waals surface area contributed by atoms with Crippen molar-refractivity contribution in [3.8, 4) is 5.75 Å². The Bertz CT molecular complexity index is 294. The average Bonchev–Trinajstić information content (AvgIpc) is 2.07. The van der Waals surface area contributed by atoms with Crippen molar-refractivity contribution in [2.24, 2.45) is 0 Å². The minimum atomic E-state index is -0.374. The van der Waals surface area contributed by atoms with Crippen LogP contribution in [0.3, 0.4) is 0 Å². The molecule has 0 saturated carbocycles. The van der Waals surface area contributed by atoms with Crippen LogP contribution in [-0.4, -0.2) is 10.2 Å². The summed E-state index contributed by atoms with van der Waals surface area (Å²) in [5.41, 5.74) is 2.08. The monoisotopic (exact) mass is 164 g/mol. The van der Waals surface area contributed by atoms with Crippen molar-refractivity contribution in [1.29, 1.82) is 0 Å². The van der Waals surface area contributed by atoms with Crippen LogP contribution in [0.2, 0.25) is 0 Å². The fourth-order valence-electron chi connectivity index (χ4n) is 1.76. The van der Waals surface area contributed by atoms with E-state index in [2.05, 4.69) is 0 Å². The van der Waals surface area contributed by atoms with E-state index in [9.17, 15) is 10.2 Å². The van der Waals surface area contributed by atoms with Gasteiger partial charge in [-0.25, -0.2) is 0 Å². The summed E-state index contributed by atoms with van der Waals surface area (Å²) < 4.78 is 0. The van der Waals surface area contributed by atoms with E-state index in [0.29, 0.717) is 0 Å². The Morgan fingerprint density at radius 3 is 3.00 bits per heavy atom. The van der Waals surface area contributed by atoms with E-state index in [0.717, 1.165) is 24.8 Å². The Hall–Kier alpha value is -1.02. The SMILES string of the molecule is Oc1ccc2c(c1)C(O)CCC2. The third-order valence-electron chi connectivity index (χ3n) is 2.41. The predicted octanol–water partition coefficient (Wildman–Crippen LogP) is 1.76. The molecule has 2 heteroatoms. The van der Waals surface area contributed by atoms with Crippen molar-refractivity contribution >= 4 is 0 Å². The lowest BCUT2D eigenvalue weighted by atomic mass is 9.89. The molecule has 0 bridgehead atoms. The van der Waals surface area contributed by atoms with Crippen LogP contribution in [0.25, 0.3) is 0 Å². The summed E-state index contributed by atoms with van der Waals surface area (Å²) in [5, 5.41) is 18.8. The summed E-state index contributed by atoms with van der Waals surface area (Å²) in [7, 11) is 0. The topological polar surface area (TPSA) is 40.5 Å². The molecule has 1 aliphatic rings. The van der Waals surface area contributed by atoms with E-state index >= 15 is 0 Å². The van der Waals surface area contributed by atoms with Crippen LogP contribution in [0.5, 0.6) is 5.75 Å². The number of rotatable bonds is 0. The van der Waals surface area contributed by atoms with Gasteiger partial charge in [0, 0.05) is 0 Å². The van der Waals surface area contributed by atoms with Gasteiger partial charge in [-0.2, -0.15) is 0 Å². The van der Waals surface area contributed by atoms with Gasteiger partial charge in [0.05, 0.1) is 6.10 Å². The lowest BCUT2D eigenvalue weighted by Gasteiger charge is -2.20. The van der Waals surface area contributed by atoms with Gasteiger partial charge in [-0.1, -0.05) is 6.07 Å². The molecule has 2 nitrogen and oxygen atoms in total. The van der Waals surface area contributed by atoms with Crippen LogP contribution < -0.4 is 0 Å². The van der Waals surface area contributed by atoms with Crippen molar-refractivity contribution in [3.63, 3.8) is 0 Å². The first-order valence-corrected chi connectivity index (χ1v) is 4.27. The third kappa shape index (κ3) is 1.18. The summed E-state index contributed by atoms with van der Waals surface area (Å²) in [6, 6.07) is 5.24. The first kappa shape index (κ1) is 7.62. The van der Waals surface area contributed by atoms with Crippen LogP contribution in [0, 0.1) is 0 Å². The summed E-state index contributed by atoms with van der Waals surface area (Å²) in [5.74, 6) is 0.245. The number of aryl methyl sites for hydroxylation is 1. The highest BCUT2D eigenvalue weighted by atomic mass is 16.3. The average molecular weight is 164 g/mol. The maximum Gasteiger partial charge on any atom is 0.115 e. The molecule has 1 aromatic rings. The van der Waals surface area contributed by atoms with Crippen molar-refractivity contribution in [2.75, 3.05) is 0 Å². The molecule has 12 heavy (non-hydrogen) atoms. The molecule has 0 amide bonds. The Kier molecular flexibility index (Phi) is 1.77. The normalized spacial score (nSPS) is 21.9. The number of fused-ring (bicyclic) bond motifs is 1. The molecule has 64 valence electrons. The van der Waals surface area contributed by atoms with Crippen LogP contribution in [0.1, 0.15) is 30.1 Å². The number of phenols is 1. The number of hydrogen-bond acceptors (Lipinski definition) is 2. The fraction of sp³-hybridized carbons (Fsp3) is 0.400. The van der Waals surface area contributed by atoms with E-state index < -0.39 is 0 Å². The summed E-state index contributed by atoms with van der Waals surface area (Å²) in [6.07, 6.45) is 2.50. The van der Waals surface area contributed by atoms with E-state index in [1.807, 2.05) is 6.07 Å². The van der Waals surface area contributed by atoms with Crippen molar-refractivity contribution in [1.82, 2.24) is 0 Å². The van der Waals surface area contributed by atoms with Crippen LogP contribution >= 0.6 is 0 Å². The van der Waals surface area contributed by atoms with E-state index in [1.54, 1.807) is 12.1 Å². The Morgan fingerprint density at radius 1 is 1.33 bits per heavy atom. The summed E-state index contributed by atoms with van der Waals surface area (Å²) in [4.78, 5) is 0. The van der Waals surface area contributed by atoms with Gasteiger partial charge < -0.3 is 10.2 Å². The number of benzene rings is 1. The smallest absolute Gasteiger partial charge is 0.115 e. The second kappa shape index (κ2) is 2.79. The molecule has 2 N–H and O–H groups in total. The number of aliphatic hydroxyl groups excluding tert-OH is 1. The van der Waals surface area contributed by atoms with Gasteiger partial charge >= 0.3 is 0 Å². The van der Waals surface area contributed by atoms with Gasteiger partial charge in [0.15, 0.2) is 0 Å². The molecule has 1 aliphatic carbocycles. The number of aromatic hydroxyl groups is 1. The molecular formula is C10H12O2. The quantitative estimate of drug-likeness (QED) is 0.613. The molecule has 0 saturated heterocycles. The van der Waals surface area contributed by atoms with Crippen molar-refractivity contribution in [3.05, 3.63) is 29.3 Å². The van der Waals surface area contributed by atoms with Gasteiger partial charge in [-0.3, -0.25) is 0 Å². The Morgan fingerprint density at radius 2 is 2.17 bits per heavy atom. The lowest BCUT2D eigenvalue weighted by Crippen LogP contribution is -2.08. The molecule has 0 radical (unpaired) electrons. The fourth-order valence-corrected chi connectivity index (χ4v) is 1.76. The maximum absolute atomic E-state index is 9.57. The Labute approximate surface area is 71.5 Å².